The molecule has 2 fully saturated rings. The van der Waals surface area contributed by atoms with E-state index < -0.39 is 29.1 Å². The summed E-state index contributed by atoms with van der Waals surface area (Å²) >= 11 is 6.07. The molecule has 3 unspecified atom stereocenters. The smallest absolute Gasteiger partial charge is 0.342 e. The standard InChI is InChI=1S/C19H23ClF3N3O3/c1-10(2)18(27)25-7-11-3-4-12(8-25)15(11)13(9-26(28)29)16-14(19(21,22)23)5-6-24-17(16)20/h5-6,10-13,15H,3-4,7-9H2,1-2H3. The summed E-state index contributed by atoms with van der Waals surface area (Å²) in [5, 5.41) is 11.0. The SMILES string of the molecule is CC(C)C(=O)N1CC2CCC(C1)C2C(C[N+](=O)[O-])c1c(C(F)(F)F)ccnc1Cl. The number of hydrogen-bond donors (Lipinski definition) is 0. The Hall–Kier alpha value is -1.90. The maximum absolute atomic E-state index is 13.7. The molecule has 29 heavy (non-hydrogen) atoms. The summed E-state index contributed by atoms with van der Waals surface area (Å²) in [6.07, 6.45) is -2.27. The molecule has 6 nitrogen and oxygen atoms in total. The molecule has 160 valence electrons. The topological polar surface area (TPSA) is 76.3 Å². The normalized spacial score (nSPS) is 25.3. The third-order valence-corrected chi connectivity index (χ3v) is 6.44. The van der Waals surface area contributed by atoms with Gasteiger partial charge in [-0.1, -0.05) is 25.4 Å². The van der Waals surface area contributed by atoms with Crippen molar-refractivity contribution in [1.82, 2.24) is 9.88 Å². The zero-order valence-corrected chi connectivity index (χ0v) is 16.9. The maximum atomic E-state index is 13.7. The van der Waals surface area contributed by atoms with Gasteiger partial charge in [-0.3, -0.25) is 14.9 Å². The number of halogens is 4. The van der Waals surface area contributed by atoms with Gasteiger partial charge in [0, 0.05) is 35.7 Å². The van der Waals surface area contributed by atoms with Gasteiger partial charge in [0.15, 0.2) is 0 Å². The Morgan fingerprint density at radius 3 is 2.41 bits per heavy atom. The molecule has 0 spiro atoms. The van der Waals surface area contributed by atoms with Crippen LogP contribution in [-0.4, -0.2) is 40.3 Å². The van der Waals surface area contributed by atoms with Crippen LogP contribution in [0.2, 0.25) is 5.15 Å². The molecule has 2 bridgehead atoms. The van der Waals surface area contributed by atoms with Crippen LogP contribution in [0, 0.1) is 33.8 Å². The van der Waals surface area contributed by atoms with Crippen LogP contribution in [-0.2, 0) is 11.0 Å². The van der Waals surface area contributed by atoms with Gasteiger partial charge in [0.25, 0.3) is 0 Å². The number of aromatic nitrogens is 1. The molecule has 1 saturated carbocycles. The molecule has 10 heteroatoms. The van der Waals surface area contributed by atoms with E-state index in [1.807, 2.05) is 0 Å². The molecule has 1 aromatic heterocycles. The van der Waals surface area contributed by atoms with Crippen LogP contribution in [0.3, 0.4) is 0 Å². The zero-order chi connectivity index (χ0) is 21.5. The summed E-state index contributed by atoms with van der Waals surface area (Å²) in [7, 11) is 0. The van der Waals surface area contributed by atoms with Crippen LogP contribution in [0.4, 0.5) is 13.2 Å². The van der Waals surface area contributed by atoms with Crippen molar-refractivity contribution in [3.8, 4) is 0 Å². The van der Waals surface area contributed by atoms with E-state index in [1.54, 1.807) is 18.7 Å². The number of nitrogens with zero attached hydrogens (tertiary/aromatic N) is 3. The summed E-state index contributed by atoms with van der Waals surface area (Å²) in [6, 6.07) is 0.827. The van der Waals surface area contributed by atoms with Crippen LogP contribution in [0.25, 0.3) is 0 Å². The highest BCUT2D eigenvalue weighted by molar-refractivity contribution is 6.30. The fraction of sp³-hybridized carbons (Fsp3) is 0.684. The summed E-state index contributed by atoms with van der Waals surface area (Å²) in [5.41, 5.74) is -1.26. The number of pyridine rings is 1. The minimum atomic E-state index is -4.69. The molecule has 3 atom stereocenters. The first kappa shape index (κ1) is 21.8. The van der Waals surface area contributed by atoms with E-state index in [0.717, 1.165) is 25.1 Å². The number of piperidine rings is 1. The summed E-state index contributed by atoms with van der Waals surface area (Å²) in [6.45, 7) is 3.77. The first-order chi connectivity index (χ1) is 13.5. The van der Waals surface area contributed by atoms with E-state index in [-0.39, 0.29) is 40.3 Å². The fourth-order valence-corrected chi connectivity index (χ4v) is 5.38. The summed E-state index contributed by atoms with van der Waals surface area (Å²) in [4.78, 5) is 28.8. The average molecular weight is 434 g/mol. The number of hydrogen-bond acceptors (Lipinski definition) is 4. The van der Waals surface area contributed by atoms with Crippen molar-refractivity contribution in [2.45, 2.75) is 38.8 Å². The fourth-order valence-electron chi connectivity index (χ4n) is 5.08. The third-order valence-electron chi connectivity index (χ3n) is 6.14. The van der Waals surface area contributed by atoms with Crippen LogP contribution < -0.4 is 0 Å². The number of alkyl halides is 3. The summed E-state index contributed by atoms with van der Waals surface area (Å²) < 4.78 is 41.0. The van der Waals surface area contributed by atoms with Crippen molar-refractivity contribution >= 4 is 17.5 Å². The zero-order valence-electron chi connectivity index (χ0n) is 16.2. The first-order valence-corrected chi connectivity index (χ1v) is 10.0. The van der Waals surface area contributed by atoms with Gasteiger partial charge in [0.2, 0.25) is 12.5 Å². The second-order valence-corrected chi connectivity index (χ2v) is 8.61. The van der Waals surface area contributed by atoms with Crippen molar-refractivity contribution in [2.24, 2.45) is 23.7 Å². The lowest BCUT2D eigenvalue weighted by Crippen LogP contribution is -2.48. The largest absolute Gasteiger partial charge is 0.416 e. The second-order valence-electron chi connectivity index (χ2n) is 8.26. The molecular weight excluding hydrogens is 411 g/mol. The number of amides is 1. The van der Waals surface area contributed by atoms with Gasteiger partial charge < -0.3 is 4.90 Å². The molecule has 1 aliphatic heterocycles. The maximum Gasteiger partial charge on any atom is 0.416 e. The Labute approximate surface area is 171 Å². The minimum Gasteiger partial charge on any atom is -0.342 e. The average Bonchev–Trinajstić information content (AvgIpc) is 2.87. The Kier molecular flexibility index (Phi) is 6.08. The van der Waals surface area contributed by atoms with Crippen molar-refractivity contribution in [3.63, 3.8) is 0 Å². The molecule has 2 aliphatic rings. The number of carbonyl (C=O) groups is 1. The number of carbonyl (C=O) groups excluding carboxylic acids is 1. The third kappa shape index (κ3) is 4.34. The predicted molar refractivity (Wildman–Crippen MR) is 100.0 cm³/mol. The van der Waals surface area contributed by atoms with Gasteiger partial charge in [-0.15, -0.1) is 0 Å². The first-order valence-electron chi connectivity index (χ1n) is 9.62. The van der Waals surface area contributed by atoms with Gasteiger partial charge in [-0.2, -0.15) is 13.2 Å². The van der Waals surface area contributed by atoms with E-state index >= 15 is 0 Å². The van der Waals surface area contributed by atoms with Gasteiger partial charge in [-0.05, 0) is 36.7 Å². The predicted octanol–water partition coefficient (Wildman–Crippen LogP) is 4.25. The molecule has 0 N–H and O–H groups in total. The van der Waals surface area contributed by atoms with Gasteiger partial charge in [0.1, 0.15) is 5.15 Å². The molecule has 0 aromatic carbocycles. The molecule has 2 heterocycles. The lowest BCUT2D eigenvalue weighted by Gasteiger charge is -2.42. The van der Waals surface area contributed by atoms with E-state index in [1.165, 1.54) is 0 Å². The highest BCUT2D eigenvalue weighted by Crippen LogP contribution is 2.51. The van der Waals surface area contributed by atoms with Crippen LogP contribution in [0.5, 0.6) is 0 Å². The molecule has 0 radical (unpaired) electrons. The molecular formula is C19H23ClF3N3O3. The molecule has 1 saturated heterocycles. The lowest BCUT2D eigenvalue weighted by atomic mass is 9.72. The monoisotopic (exact) mass is 433 g/mol. The second kappa shape index (κ2) is 8.08. The van der Waals surface area contributed by atoms with E-state index in [2.05, 4.69) is 4.98 Å². The van der Waals surface area contributed by atoms with E-state index in [9.17, 15) is 28.1 Å². The molecule has 1 amide bonds. The highest BCUT2D eigenvalue weighted by Gasteiger charge is 2.51. The molecule has 1 aliphatic carbocycles. The van der Waals surface area contributed by atoms with Crippen LogP contribution in [0.1, 0.15) is 43.7 Å². The van der Waals surface area contributed by atoms with E-state index in [4.69, 9.17) is 11.6 Å². The van der Waals surface area contributed by atoms with Crippen molar-refractivity contribution < 1.29 is 22.9 Å². The van der Waals surface area contributed by atoms with Gasteiger partial charge in [-0.25, -0.2) is 4.98 Å². The van der Waals surface area contributed by atoms with Crippen molar-refractivity contribution in [2.75, 3.05) is 19.6 Å². The molecule has 3 rings (SSSR count). The Balaban J connectivity index is 2.01. The lowest BCUT2D eigenvalue weighted by molar-refractivity contribution is -0.485. The number of rotatable bonds is 5. The Bertz CT molecular complexity index is 789. The minimum absolute atomic E-state index is 0.00145. The molecule has 1 aromatic rings. The van der Waals surface area contributed by atoms with Gasteiger partial charge >= 0.3 is 6.18 Å². The van der Waals surface area contributed by atoms with Gasteiger partial charge in [0.05, 0.1) is 11.5 Å². The highest BCUT2D eigenvalue weighted by atomic mass is 35.5. The van der Waals surface area contributed by atoms with Crippen LogP contribution in [0.15, 0.2) is 12.3 Å². The summed E-state index contributed by atoms with van der Waals surface area (Å²) in [5.74, 6) is -1.72. The van der Waals surface area contributed by atoms with Crippen molar-refractivity contribution in [3.05, 3.63) is 38.7 Å². The number of nitro groups is 1. The Morgan fingerprint density at radius 2 is 1.93 bits per heavy atom. The van der Waals surface area contributed by atoms with Crippen molar-refractivity contribution in [1.29, 1.82) is 0 Å². The quantitative estimate of drug-likeness (QED) is 0.395. The number of likely N-dealkylation sites (tertiary alicyclic amines) is 1. The van der Waals surface area contributed by atoms with E-state index in [0.29, 0.717) is 13.1 Å². The van der Waals surface area contributed by atoms with Crippen LogP contribution >= 0.6 is 11.6 Å². The number of fused-ring (bicyclic) bond motifs is 2. The Morgan fingerprint density at radius 1 is 1.34 bits per heavy atom.